The van der Waals surface area contributed by atoms with Crippen molar-refractivity contribution >= 4 is 5.69 Å². The summed E-state index contributed by atoms with van der Waals surface area (Å²) in [6.45, 7) is 3.47. The molecule has 2 N–H and O–H groups in total. The Morgan fingerprint density at radius 2 is 2.40 bits per heavy atom. The summed E-state index contributed by atoms with van der Waals surface area (Å²) in [4.78, 5) is 0. The minimum Gasteiger partial charge on any atom is -0.394 e. The zero-order valence-corrected chi connectivity index (χ0v) is 8.99. The Hall–Kier alpha value is -1.06. The average molecular weight is 207 g/mol. The summed E-state index contributed by atoms with van der Waals surface area (Å²) < 4.78 is 5.33. The van der Waals surface area contributed by atoms with Crippen molar-refractivity contribution < 1.29 is 9.84 Å². The molecule has 1 heterocycles. The highest BCUT2D eigenvalue weighted by molar-refractivity contribution is 5.48. The van der Waals surface area contributed by atoms with Gasteiger partial charge in [-0.1, -0.05) is 12.1 Å². The molecular weight excluding hydrogens is 190 g/mol. The largest absolute Gasteiger partial charge is 0.394 e. The fraction of sp³-hybridized carbons (Fsp3) is 0.500. The molecule has 3 nitrogen and oxygen atoms in total. The normalized spacial score (nSPS) is 25.5. The van der Waals surface area contributed by atoms with Gasteiger partial charge in [0.1, 0.15) is 0 Å². The number of ether oxygens (including phenoxy) is 1. The van der Waals surface area contributed by atoms with E-state index in [9.17, 15) is 5.11 Å². The summed E-state index contributed by atoms with van der Waals surface area (Å²) in [5.41, 5.74) is 1.98. The zero-order valence-electron chi connectivity index (χ0n) is 8.99. The van der Waals surface area contributed by atoms with Crippen LogP contribution in [0.2, 0.25) is 0 Å². The number of anilines is 1. The second-order valence-electron chi connectivity index (χ2n) is 4.24. The number of benzene rings is 1. The molecule has 2 rings (SSSR count). The maximum absolute atomic E-state index is 9.40. The Labute approximate surface area is 90.1 Å². The molecule has 15 heavy (non-hydrogen) atoms. The topological polar surface area (TPSA) is 41.5 Å². The van der Waals surface area contributed by atoms with Crippen LogP contribution in [0.4, 0.5) is 5.69 Å². The molecule has 1 aliphatic heterocycles. The predicted octanol–water partition coefficient (Wildman–Crippen LogP) is 1.56. The third kappa shape index (κ3) is 2.30. The third-order valence-corrected chi connectivity index (χ3v) is 2.83. The van der Waals surface area contributed by atoms with Crippen molar-refractivity contribution in [1.29, 1.82) is 0 Å². The molecule has 1 unspecified atom stereocenters. The van der Waals surface area contributed by atoms with Gasteiger partial charge >= 0.3 is 0 Å². The molecule has 1 fully saturated rings. The fourth-order valence-corrected chi connectivity index (χ4v) is 1.90. The van der Waals surface area contributed by atoms with Gasteiger partial charge in [0.25, 0.3) is 0 Å². The van der Waals surface area contributed by atoms with E-state index >= 15 is 0 Å². The highest BCUT2D eigenvalue weighted by atomic mass is 16.5. The Bertz CT molecular complexity index is 332. The van der Waals surface area contributed by atoms with Crippen LogP contribution in [0.3, 0.4) is 0 Å². The SMILES string of the molecule is Cc1cccc(NC2(CO)CCOC2)c1. The van der Waals surface area contributed by atoms with E-state index < -0.39 is 0 Å². The molecule has 1 aliphatic rings. The van der Waals surface area contributed by atoms with Gasteiger partial charge < -0.3 is 15.2 Å². The van der Waals surface area contributed by atoms with Crippen LogP contribution in [-0.2, 0) is 4.74 Å². The Morgan fingerprint density at radius 1 is 1.53 bits per heavy atom. The van der Waals surface area contributed by atoms with E-state index in [-0.39, 0.29) is 12.1 Å². The van der Waals surface area contributed by atoms with E-state index in [4.69, 9.17) is 4.74 Å². The van der Waals surface area contributed by atoms with Crippen LogP contribution in [0.15, 0.2) is 24.3 Å². The highest BCUT2D eigenvalue weighted by Gasteiger charge is 2.34. The number of hydrogen-bond acceptors (Lipinski definition) is 3. The van der Waals surface area contributed by atoms with Crippen molar-refractivity contribution in [2.45, 2.75) is 18.9 Å². The minimum atomic E-state index is -0.284. The Balaban J connectivity index is 2.12. The predicted molar refractivity (Wildman–Crippen MR) is 60.1 cm³/mol. The van der Waals surface area contributed by atoms with Gasteiger partial charge in [-0.3, -0.25) is 0 Å². The van der Waals surface area contributed by atoms with E-state index in [1.54, 1.807) is 0 Å². The van der Waals surface area contributed by atoms with Crippen molar-refractivity contribution in [3.8, 4) is 0 Å². The second kappa shape index (κ2) is 4.21. The number of rotatable bonds is 3. The van der Waals surface area contributed by atoms with Gasteiger partial charge in [0.05, 0.1) is 18.8 Å². The maximum atomic E-state index is 9.40. The lowest BCUT2D eigenvalue weighted by molar-refractivity contribution is 0.152. The molecule has 0 saturated carbocycles. The van der Waals surface area contributed by atoms with Crippen molar-refractivity contribution in [3.05, 3.63) is 29.8 Å². The molecule has 0 amide bonds. The molecule has 3 heteroatoms. The van der Waals surface area contributed by atoms with Gasteiger partial charge in [-0.15, -0.1) is 0 Å². The number of aryl methyl sites for hydroxylation is 1. The molecule has 1 aromatic rings. The molecule has 1 saturated heterocycles. The van der Waals surface area contributed by atoms with Gasteiger partial charge in [0.15, 0.2) is 0 Å². The van der Waals surface area contributed by atoms with Crippen LogP contribution in [0.25, 0.3) is 0 Å². The molecule has 0 spiro atoms. The summed E-state index contributed by atoms with van der Waals surface area (Å²) >= 11 is 0. The average Bonchev–Trinajstić information content (AvgIpc) is 2.67. The van der Waals surface area contributed by atoms with E-state index in [0.717, 1.165) is 18.7 Å². The first-order chi connectivity index (χ1) is 7.24. The second-order valence-corrected chi connectivity index (χ2v) is 4.24. The van der Waals surface area contributed by atoms with Gasteiger partial charge in [-0.25, -0.2) is 0 Å². The van der Waals surface area contributed by atoms with Crippen molar-refractivity contribution in [2.24, 2.45) is 0 Å². The maximum Gasteiger partial charge on any atom is 0.0859 e. The number of nitrogens with one attached hydrogen (secondary N) is 1. The summed E-state index contributed by atoms with van der Waals surface area (Å²) in [5, 5.41) is 12.8. The smallest absolute Gasteiger partial charge is 0.0859 e. The lowest BCUT2D eigenvalue weighted by Gasteiger charge is -2.27. The Morgan fingerprint density at radius 3 is 3.00 bits per heavy atom. The van der Waals surface area contributed by atoms with Crippen LogP contribution in [0.5, 0.6) is 0 Å². The standard InChI is InChI=1S/C12H17NO2/c1-10-3-2-4-11(7-10)13-12(8-14)5-6-15-9-12/h2-4,7,13-14H,5-6,8-9H2,1H3. The first kappa shape index (κ1) is 10.5. The van der Waals surface area contributed by atoms with E-state index in [1.165, 1.54) is 5.56 Å². The zero-order chi connectivity index (χ0) is 10.7. The van der Waals surface area contributed by atoms with E-state index in [2.05, 4.69) is 24.4 Å². The monoisotopic (exact) mass is 207 g/mol. The number of aliphatic hydroxyl groups excluding tert-OH is 1. The van der Waals surface area contributed by atoms with E-state index in [1.807, 2.05) is 12.1 Å². The molecule has 82 valence electrons. The van der Waals surface area contributed by atoms with Crippen LogP contribution in [0.1, 0.15) is 12.0 Å². The molecular formula is C12H17NO2. The third-order valence-electron chi connectivity index (χ3n) is 2.83. The highest BCUT2D eigenvalue weighted by Crippen LogP contribution is 2.24. The summed E-state index contributed by atoms with van der Waals surface area (Å²) in [6.07, 6.45) is 0.859. The first-order valence-electron chi connectivity index (χ1n) is 5.28. The fourth-order valence-electron chi connectivity index (χ4n) is 1.90. The number of hydrogen-bond donors (Lipinski definition) is 2. The van der Waals surface area contributed by atoms with Gasteiger partial charge in [0, 0.05) is 12.3 Å². The lowest BCUT2D eigenvalue weighted by Crippen LogP contribution is -2.42. The molecule has 0 aromatic heterocycles. The van der Waals surface area contributed by atoms with Crippen LogP contribution < -0.4 is 5.32 Å². The minimum absolute atomic E-state index is 0.112. The van der Waals surface area contributed by atoms with E-state index in [0.29, 0.717) is 6.61 Å². The Kier molecular flexibility index (Phi) is 2.93. The molecule has 0 aliphatic carbocycles. The van der Waals surface area contributed by atoms with Gasteiger partial charge in [-0.05, 0) is 31.0 Å². The molecule has 0 radical (unpaired) electrons. The molecule has 1 aromatic carbocycles. The molecule has 0 bridgehead atoms. The summed E-state index contributed by atoms with van der Waals surface area (Å²) in [6, 6.07) is 8.17. The summed E-state index contributed by atoms with van der Waals surface area (Å²) in [7, 11) is 0. The molecule has 1 atom stereocenters. The van der Waals surface area contributed by atoms with Crippen LogP contribution >= 0.6 is 0 Å². The van der Waals surface area contributed by atoms with Gasteiger partial charge in [0.2, 0.25) is 0 Å². The van der Waals surface area contributed by atoms with Gasteiger partial charge in [-0.2, -0.15) is 0 Å². The van der Waals surface area contributed by atoms with Crippen molar-refractivity contribution in [3.63, 3.8) is 0 Å². The summed E-state index contributed by atoms with van der Waals surface area (Å²) in [5.74, 6) is 0. The van der Waals surface area contributed by atoms with Crippen LogP contribution in [-0.4, -0.2) is 30.5 Å². The quantitative estimate of drug-likeness (QED) is 0.790. The number of aliphatic hydroxyl groups is 1. The van der Waals surface area contributed by atoms with Crippen molar-refractivity contribution in [2.75, 3.05) is 25.1 Å². The first-order valence-corrected chi connectivity index (χ1v) is 5.28. The lowest BCUT2D eigenvalue weighted by atomic mass is 9.99. The van der Waals surface area contributed by atoms with Crippen LogP contribution in [0, 0.1) is 6.92 Å². The van der Waals surface area contributed by atoms with Crippen molar-refractivity contribution in [1.82, 2.24) is 0 Å².